The van der Waals surface area contributed by atoms with Crippen molar-refractivity contribution in [3.8, 4) is 0 Å². The average molecular weight is 417 g/mol. The molecular weight excluding hydrogens is 389 g/mol. The highest BCUT2D eigenvalue weighted by Gasteiger charge is 2.15. The minimum Gasteiger partial charge on any atom is -0.377 e. The highest BCUT2D eigenvalue weighted by atomic mass is 127. The van der Waals surface area contributed by atoms with Gasteiger partial charge in [-0.25, -0.2) is 0 Å². The molecule has 0 bridgehead atoms. The van der Waals surface area contributed by atoms with E-state index in [2.05, 4.69) is 46.4 Å². The second-order valence-electron chi connectivity index (χ2n) is 5.42. The Morgan fingerprint density at radius 1 is 1.23 bits per heavy atom. The molecule has 5 heteroatoms. The van der Waals surface area contributed by atoms with Crippen molar-refractivity contribution in [1.29, 1.82) is 0 Å². The summed E-state index contributed by atoms with van der Waals surface area (Å²) in [7, 11) is 1.86. The van der Waals surface area contributed by atoms with Gasteiger partial charge in [0, 0.05) is 33.3 Å². The van der Waals surface area contributed by atoms with Crippen molar-refractivity contribution < 1.29 is 4.74 Å². The van der Waals surface area contributed by atoms with Crippen LogP contribution in [0.3, 0.4) is 0 Å². The van der Waals surface area contributed by atoms with Crippen molar-refractivity contribution in [1.82, 2.24) is 10.2 Å². The fraction of sp³-hybridized carbons (Fsp3) is 0.588. The first-order valence-corrected chi connectivity index (χ1v) is 7.95. The number of benzene rings is 1. The van der Waals surface area contributed by atoms with Crippen LogP contribution in [0.5, 0.6) is 0 Å². The molecule has 2 rings (SSSR count). The molecule has 1 aromatic carbocycles. The molecule has 1 aromatic rings. The molecule has 0 amide bonds. The lowest BCUT2D eigenvalue weighted by Crippen LogP contribution is -2.39. The molecule has 0 unspecified atom stereocenters. The van der Waals surface area contributed by atoms with Gasteiger partial charge in [-0.05, 0) is 30.4 Å². The Morgan fingerprint density at radius 3 is 2.55 bits per heavy atom. The molecule has 0 atom stereocenters. The van der Waals surface area contributed by atoms with Crippen LogP contribution in [0.15, 0.2) is 29.3 Å². The zero-order valence-electron chi connectivity index (χ0n) is 13.7. The number of hydrogen-bond acceptors (Lipinski definition) is 2. The SMILES string of the molecule is CCCOCc1ccccc1CNC(=NC)N1CCCC1.I. The van der Waals surface area contributed by atoms with Crippen molar-refractivity contribution in [3.05, 3.63) is 35.4 Å². The summed E-state index contributed by atoms with van der Waals surface area (Å²) in [6, 6.07) is 8.46. The van der Waals surface area contributed by atoms with Gasteiger partial charge in [-0.15, -0.1) is 24.0 Å². The van der Waals surface area contributed by atoms with Gasteiger partial charge in [-0.3, -0.25) is 4.99 Å². The number of guanidine groups is 1. The molecule has 0 radical (unpaired) electrons. The maximum absolute atomic E-state index is 5.67. The van der Waals surface area contributed by atoms with E-state index in [-0.39, 0.29) is 24.0 Å². The number of hydrogen-bond donors (Lipinski definition) is 1. The molecule has 22 heavy (non-hydrogen) atoms. The second kappa shape index (κ2) is 10.8. The van der Waals surface area contributed by atoms with Crippen LogP contribution >= 0.6 is 24.0 Å². The first-order chi connectivity index (χ1) is 10.3. The lowest BCUT2D eigenvalue weighted by Gasteiger charge is -2.21. The topological polar surface area (TPSA) is 36.9 Å². The molecule has 0 spiro atoms. The lowest BCUT2D eigenvalue weighted by molar-refractivity contribution is 0.121. The lowest BCUT2D eigenvalue weighted by atomic mass is 10.1. The molecule has 1 aliphatic rings. The highest BCUT2D eigenvalue weighted by molar-refractivity contribution is 14.0. The number of nitrogens with one attached hydrogen (secondary N) is 1. The van der Waals surface area contributed by atoms with Crippen LogP contribution in [0, 0.1) is 0 Å². The largest absolute Gasteiger partial charge is 0.377 e. The minimum absolute atomic E-state index is 0. The van der Waals surface area contributed by atoms with Gasteiger partial charge >= 0.3 is 0 Å². The summed E-state index contributed by atoms with van der Waals surface area (Å²) in [6.07, 6.45) is 3.59. The van der Waals surface area contributed by atoms with Crippen molar-refractivity contribution in [2.75, 3.05) is 26.7 Å². The number of halogens is 1. The number of nitrogens with zero attached hydrogens (tertiary/aromatic N) is 2. The third kappa shape index (κ3) is 5.76. The Morgan fingerprint density at radius 2 is 1.91 bits per heavy atom. The quantitative estimate of drug-likeness (QED) is 0.334. The van der Waals surface area contributed by atoms with Crippen LogP contribution in [0.25, 0.3) is 0 Å². The smallest absolute Gasteiger partial charge is 0.193 e. The van der Waals surface area contributed by atoms with Gasteiger partial charge in [-0.2, -0.15) is 0 Å². The molecule has 0 aromatic heterocycles. The van der Waals surface area contributed by atoms with Crippen molar-refractivity contribution >= 4 is 29.9 Å². The van der Waals surface area contributed by atoms with E-state index in [4.69, 9.17) is 4.74 Å². The Labute approximate surface area is 151 Å². The summed E-state index contributed by atoms with van der Waals surface area (Å²) >= 11 is 0. The zero-order valence-corrected chi connectivity index (χ0v) is 16.0. The monoisotopic (exact) mass is 417 g/mol. The molecule has 4 nitrogen and oxygen atoms in total. The Balaban J connectivity index is 0.00000242. The summed E-state index contributed by atoms with van der Waals surface area (Å²) in [5.41, 5.74) is 2.55. The fourth-order valence-corrected chi connectivity index (χ4v) is 2.63. The number of likely N-dealkylation sites (tertiary alicyclic amines) is 1. The Kier molecular flexibility index (Phi) is 9.47. The van der Waals surface area contributed by atoms with Crippen LogP contribution in [0.2, 0.25) is 0 Å². The first kappa shape index (κ1) is 19.2. The van der Waals surface area contributed by atoms with Gasteiger partial charge in [0.25, 0.3) is 0 Å². The average Bonchev–Trinajstić information content (AvgIpc) is 3.04. The molecule has 1 aliphatic heterocycles. The maximum atomic E-state index is 5.67. The maximum Gasteiger partial charge on any atom is 0.193 e. The third-order valence-corrected chi connectivity index (χ3v) is 3.78. The van der Waals surface area contributed by atoms with E-state index < -0.39 is 0 Å². The predicted octanol–water partition coefficient (Wildman–Crippen LogP) is 3.40. The van der Waals surface area contributed by atoms with Crippen LogP contribution in [-0.2, 0) is 17.9 Å². The van der Waals surface area contributed by atoms with Gasteiger partial charge in [0.15, 0.2) is 5.96 Å². The van der Waals surface area contributed by atoms with E-state index in [9.17, 15) is 0 Å². The summed E-state index contributed by atoms with van der Waals surface area (Å²) in [5, 5.41) is 3.48. The third-order valence-electron chi connectivity index (χ3n) is 3.78. The molecular formula is C17H28IN3O. The molecule has 1 heterocycles. The van der Waals surface area contributed by atoms with Crippen LogP contribution < -0.4 is 5.32 Å². The van der Waals surface area contributed by atoms with Gasteiger partial charge in [0.1, 0.15) is 0 Å². The van der Waals surface area contributed by atoms with Gasteiger partial charge in [0.05, 0.1) is 6.61 Å². The van der Waals surface area contributed by atoms with Gasteiger partial charge in [-0.1, -0.05) is 31.2 Å². The minimum atomic E-state index is 0. The van der Waals surface area contributed by atoms with Crippen molar-refractivity contribution in [2.45, 2.75) is 39.3 Å². The molecule has 124 valence electrons. The number of aliphatic imine (C=N–C) groups is 1. The molecule has 1 saturated heterocycles. The van der Waals surface area contributed by atoms with E-state index in [1.54, 1.807) is 0 Å². The van der Waals surface area contributed by atoms with Gasteiger partial charge < -0.3 is 15.0 Å². The van der Waals surface area contributed by atoms with E-state index in [0.717, 1.165) is 38.6 Å². The summed E-state index contributed by atoms with van der Waals surface area (Å²) in [4.78, 5) is 6.72. The van der Waals surface area contributed by atoms with Gasteiger partial charge in [0.2, 0.25) is 0 Å². The Bertz CT molecular complexity index is 459. The van der Waals surface area contributed by atoms with E-state index in [0.29, 0.717) is 6.61 Å². The first-order valence-electron chi connectivity index (χ1n) is 7.95. The molecule has 0 aliphatic carbocycles. The predicted molar refractivity (Wildman–Crippen MR) is 103 cm³/mol. The van der Waals surface area contributed by atoms with Crippen LogP contribution in [0.1, 0.15) is 37.3 Å². The van der Waals surface area contributed by atoms with E-state index >= 15 is 0 Å². The molecule has 0 saturated carbocycles. The summed E-state index contributed by atoms with van der Waals surface area (Å²) < 4.78 is 5.67. The Hall–Kier alpha value is -0.820. The summed E-state index contributed by atoms with van der Waals surface area (Å²) in [6.45, 7) is 6.66. The molecule has 1 fully saturated rings. The normalized spacial score (nSPS) is 14.8. The second-order valence-corrected chi connectivity index (χ2v) is 5.42. The fourth-order valence-electron chi connectivity index (χ4n) is 2.63. The van der Waals surface area contributed by atoms with Crippen LogP contribution in [-0.4, -0.2) is 37.6 Å². The van der Waals surface area contributed by atoms with E-state index in [1.165, 1.54) is 24.0 Å². The van der Waals surface area contributed by atoms with E-state index in [1.807, 2.05) is 7.05 Å². The van der Waals surface area contributed by atoms with Crippen molar-refractivity contribution in [3.63, 3.8) is 0 Å². The number of ether oxygens (including phenoxy) is 1. The van der Waals surface area contributed by atoms with Crippen molar-refractivity contribution in [2.24, 2.45) is 4.99 Å². The molecule has 1 N–H and O–H groups in total. The highest BCUT2D eigenvalue weighted by Crippen LogP contribution is 2.12. The standard InChI is InChI=1S/C17H27N3O.HI/c1-3-12-21-14-16-9-5-4-8-15(16)13-19-17(18-2)20-10-6-7-11-20;/h4-5,8-9H,3,6-7,10-14H2,1-2H3,(H,18,19);1H. The summed E-state index contributed by atoms with van der Waals surface area (Å²) in [5.74, 6) is 1.01. The van der Waals surface area contributed by atoms with Crippen LogP contribution in [0.4, 0.5) is 0 Å². The zero-order chi connectivity index (χ0) is 14.9. The number of rotatable bonds is 6.